The molecule has 0 unspecified atom stereocenters. The lowest BCUT2D eigenvalue weighted by molar-refractivity contribution is 0.135. The topological polar surface area (TPSA) is 50.0 Å². The first kappa shape index (κ1) is 20.3. The highest BCUT2D eigenvalue weighted by Crippen LogP contribution is 1.82. The molecule has 0 saturated heterocycles. The first-order valence-corrected chi connectivity index (χ1v) is 5.98. The van der Waals surface area contributed by atoms with E-state index >= 15 is 0 Å². The van der Waals surface area contributed by atoms with Gasteiger partial charge in [-0.15, -0.1) is 0 Å². The lowest BCUT2D eigenvalue weighted by Crippen LogP contribution is -1.92. The molecule has 3 heteroatoms. The molecule has 2 N–H and O–H groups in total. The Morgan fingerprint density at radius 1 is 0.533 bits per heavy atom. The van der Waals surface area contributed by atoms with E-state index < -0.39 is 0 Å². The van der Waals surface area contributed by atoms with Crippen molar-refractivity contribution in [1.82, 2.24) is 0 Å². The van der Waals surface area contributed by atoms with E-state index in [9.17, 15) is 0 Å². The van der Waals surface area contributed by atoms with Gasteiger partial charge in [-0.25, -0.2) is 0 Å². The van der Waals surface area contributed by atoms with Gasteiger partial charge in [0.15, 0.2) is 0 Å². The van der Waals surface area contributed by atoms with Crippen LogP contribution in [0.2, 0.25) is 0 Å². The third-order valence-corrected chi connectivity index (χ3v) is 1.39. The normalized spacial score (nSPS) is 8.80. The quantitative estimate of drug-likeness (QED) is 0.593. The van der Waals surface area contributed by atoms with Gasteiger partial charge in [0.25, 0.3) is 0 Å². The Balaban J connectivity index is -0.000000180. The van der Waals surface area contributed by atoms with Crippen LogP contribution < -0.4 is 0 Å². The Bertz CT molecular complexity index is 59.3. The monoisotopic (exact) mass is 222 g/mol. The molecule has 0 aliphatic rings. The van der Waals surface area contributed by atoms with Crippen LogP contribution in [0, 0.1) is 0 Å². The summed E-state index contributed by atoms with van der Waals surface area (Å²) in [5.74, 6) is 0. The van der Waals surface area contributed by atoms with Crippen molar-refractivity contribution < 1.29 is 14.9 Å². The molecule has 0 aliphatic heterocycles. The molecular weight excluding hydrogens is 192 g/mol. The van der Waals surface area contributed by atoms with Gasteiger partial charge >= 0.3 is 0 Å². The largest absolute Gasteiger partial charge is 0.412 e. The van der Waals surface area contributed by atoms with Crippen molar-refractivity contribution in [2.24, 2.45) is 0 Å². The van der Waals surface area contributed by atoms with E-state index in [0.29, 0.717) is 0 Å². The predicted molar refractivity (Wildman–Crippen MR) is 66.4 cm³/mol. The third-order valence-electron chi connectivity index (χ3n) is 1.39. The minimum atomic E-state index is 0. The van der Waals surface area contributed by atoms with Crippen molar-refractivity contribution in [3.05, 3.63) is 0 Å². The van der Waals surface area contributed by atoms with Gasteiger partial charge in [-0.3, -0.25) is 0 Å². The average molecular weight is 222 g/mol. The first-order valence-electron chi connectivity index (χ1n) is 5.98. The fourth-order valence-electron chi connectivity index (χ4n) is 0.781. The van der Waals surface area contributed by atoms with E-state index in [1.54, 1.807) is 0 Å². The second kappa shape index (κ2) is 23.6. The van der Waals surface area contributed by atoms with Crippen LogP contribution in [-0.2, 0) is 9.47 Å². The van der Waals surface area contributed by atoms with E-state index in [2.05, 4.69) is 27.7 Å². The Labute approximate surface area is 95.5 Å². The Morgan fingerprint density at radius 2 is 0.733 bits per heavy atom. The molecule has 0 aromatic carbocycles. The minimum Gasteiger partial charge on any atom is -0.412 e. The summed E-state index contributed by atoms with van der Waals surface area (Å²) in [6.07, 6.45) is 4.56. The second-order valence-electron chi connectivity index (χ2n) is 3.22. The fraction of sp³-hybridized carbons (Fsp3) is 1.00. The van der Waals surface area contributed by atoms with Crippen LogP contribution in [-0.4, -0.2) is 31.9 Å². The molecule has 0 fully saturated rings. The van der Waals surface area contributed by atoms with Crippen LogP contribution in [0.25, 0.3) is 0 Å². The van der Waals surface area contributed by atoms with Gasteiger partial charge in [-0.1, -0.05) is 27.7 Å². The predicted octanol–water partition coefficient (Wildman–Crippen LogP) is 2.82. The van der Waals surface area contributed by atoms with E-state index in [-0.39, 0.29) is 5.48 Å². The van der Waals surface area contributed by atoms with Gasteiger partial charge in [-0.2, -0.15) is 0 Å². The Morgan fingerprint density at radius 3 is 0.867 bits per heavy atom. The first-order chi connectivity index (χ1) is 6.83. The molecule has 0 atom stereocenters. The number of hydrogen-bond acceptors (Lipinski definition) is 2. The van der Waals surface area contributed by atoms with Gasteiger partial charge in [0, 0.05) is 26.4 Å². The number of hydrogen-bond donors (Lipinski definition) is 0. The summed E-state index contributed by atoms with van der Waals surface area (Å²) in [4.78, 5) is 0. The van der Waals surface area contributed by atoms with E-state index in [4.69, 9.17) is 9.47 Å². The summed E-state index contributed by atoms with van der Waals surface area (Å²) < 4.78 is 10.3. The third kappa shape index (κ3) is 31.5. The van der Waals surface area contributed by atoms with Crippen LogP contribution in [0.5, 0.6) is 0 Å². The molecule has 3 nitrogen and oxygen atoms in total. The van der Waals surface area contributed by atoms with Crippen LogP contribution in [0.15, 0.2) is 0 Å². The smallest absolute Gasteiger partial charge is 0.0463 e. The number of rotatable bonds is 8. The van der Waals surface area contributed by atoms with Crippen LogP contribution in [0.3, 0.4) is 0 Å². The lowest BCUT2D eigenvalue weighted by Gasteiger charge is -1.95. The van der Waals surface area contributed by atoms with Crippen LogP contribution in [0.4, 0.5) is 0 Å². The molecule has 0 rings (SSSR count). The molecule has 0 radical (unpaired) electrons. The van der Waals surface area contributed by atoms with E-state index in [1.165, 1.54) is 0 Å². The highest BCUT2D eigenvalue weighted by Gasteiger charge is 1.78. The van der Waals surface area contributed by atoms with Crippen molar-refractivity contribution in [1.29, 1.82) is 0 Å². The summed E-state index contributed by atoms with van der Waals surface area (Å²) in [5.41, 5.74) is 0. The maximum Gasteiger partial charge on any atom is 0.0463 e. The van der Waals surface area contributed by atoms with Crippen LogP contribution in [0.1, 0.15) is 53.4 Å². The Hall–Kier alpha value is -0.120. The van der Waals surface area contributed by atoms with Gasteiger partial charge in [0.2, 0.25) is 0 Å². The number of ether oxygens (including phenoxy) is 2. The standard InChI is InChI=1S/2C6H14O.H2O/c2*1-3-5-7-6-4-2;/h2*3-6H2,1-2H3;1H2. The molecule has 0 spiro atoms. The summed E-state index contributed by atoms with van der Waals surface area (Å²) in [6, 6.07) is 0. The zero-order chi connectivity index (χ0) is 11.1. The van der Waals surface area contributed by atoms with Gasteiger partial charge in [0.05, 0.1) is 0 Å². The van der Waals surface area contributed by atoms with Crippen molar-refractivity contribution in [2.75, 3.05) is 26.4 Å². The molecular formula is C12H30O3. The average Bonchev–Trinajstić information content (AvgIpc) is 2.21. The molecule has 96 valence electrons. The maximum atomic E-state index is 5.13. The van der Waals surface area contributed by atoms with Crippen molar-refractivity contribution in [2.45, 2.75) is 53.4 Å². The highest BCUT2D eigenvalue weighted by atomic mass is 16.5. The summed E-state index contributed by atoms with van der Waals surface area (Å²) in [7, 11) is 0. The maximum absolute atomic E-state index is 5.13. The second-order valence-corrected chi connectivity index (χ2v) is 3.22. The van der Waals surface area contributed by atoms with E-state index in [1.807, 2.05) is 0 Å². The molecule has 0 amide bonds. The SMILES string of the molecule is CCCOCCC.CCCOCCC.O. The molecule has 15 heavy (non-hydrogen) atoms. The molecule has 0 bridgehead atoms. The minimum absolute atomic E-state index is 0. The summed E-state index contributed by atoms with van der Waals surface area (Å²) in [6.45, 7) is 12.2. The fourth-order valence-corrected chi connectivity index (χ4v) is 0.781. The van der Waals surface area contributed by atoms with Crippen LogP contribution >= 0.6 is 0 Å². The van der Waals surface area contributed by atoms with Crippen molar-refractivity contribution >= 4 is 0 Å². The Kier molecular flexibility index (Phi) is 31.9. The van der Waals surface area contributed by atoms with Crippen molar-refractivity contribution in [3.63, 3.8) is 0 Å². The molecule has 0 aromatic heterocycles. The zero-order valence-corrected chi connectivity index (χ0v) is 11.0. The van der Waals surface area contributed by atoms with E-state index in [0.717, 1.165) is 52.1 Å². The molecule has 0 saturated carbocycles. The molecule has 0 aromatic rings. The van der Waals surface area contributed by atoms with Gasteiger partial charge < -0.3 is 14.9 Å². The lowest BCUT2D eigenvalue weighted by atomic mass is 10.5. The van der Waals surface area contributed by atoms with Crippen molar-refractivity contribution in [3.8, 4) is 0 Å². The molecule has 0 heterocycles. The van der Waals surface area contributed by atoms with Gasteiger partial charge in [-0.05, 0) is 25.7 Å². The summed E-state index contributed by atoms with van der Waals surface area (Å²) >= 11 is 0. The zero-order valence-electron chi connectivity index (χ0n) is 11.0. The van der Waals surface area contributed by atoms with Gasteiger partial charge in [0.1, 0.15) is 0 Å². The summed E-state index contributed by atoms with van der Waals surface area (Å²) in [5, 5.41) is 0. The highest BCUT2D eigenvalue weighted by molar-refractivity contribution is 4.25. The molecule has 0 aliphatic carbocycles.